The van der Waals surface area contributed by atoms with Gasteiger partial charge in [0.1, 0.15) is 0 Å². The molecule has 3 amide bonds. The molecule has 0 atom stereocenters. The van der Waals surface area contributed by atoms with Gasteiger partial charge in [0.05, 0.1) is 6.54 Å². The van der Waals surface area contributed by atoms with E-state index in [1.165, 1.54) is 0 Å². The van der Waals surface area contributed by atoms with Crippen LogP contribution in [-0.4, -0.2) is 57.1 Å². The van der Waals surface area contributed by atoms with Gasteiger partial charge in [-0.15, -0.1) is 0 Å². The van der Waals surface area contributed by atoms with Crippen molar-refractivity contribution >= 4 is 11.9 Å². The third-order valence-corrected chi connectivity index (χ3v) is 2.38. The van der Waals surface area contributed by atoms with Crippen molar-refractivity contribution in [3.05, 3.63) is 0 Å². The quantitative estimate of drug-likeness (QED) is 0.538. The molecule has 86 valence electrons. The highest BCUT2D eigenvalue weighted by atomic mass is 16.2. The number of rotatable bonds is 4. The number of amides is 3. The van der Waals surface area contributed by atoms with Crippen LogP contribution in [0.15, 0.2) is 0 Å². The summed E-state index contributed by atoms with van der Waals surface area (Å²) in [6.07, 6.45) is 0. The van der Waals surface area contributed by atoms with Gasteiger partial charge in [-0.25, -0.2) is 4.79 Å². The Balaban J connectivity index is 2.08. The zero-order chi connectivity index (χ0) is 11.3. The second-order valence-electron chi connectivity index (χ2n) is 3.66. The maximum Gasteiger partial charge on any atom is 0.317 e. The van der Waals surface area contributed by atoms with Crippen molar-refractivity contribution < 1.29 is 9.59 Å². The molecule has 0 aliphatic carbocycles. The molecular formula is C9H18N4O2. The predicted molar refractivity (Wildman–Crippen MR) is 56.5 cm³/mol. The van der Waals surface area contributed by atoms with Crippen LogP contribution >= 0.6 is 0 Å². The number of likely N-dealkylation sites (N-methyl/N-ethyl adjacent to an activating group) is 1. The van der Waals surface area contributed by atoms with Crippen molar-refractivity contribution in [1.82, 2.24) is 20.9 Å². The summed E-state index contributed by atoms with van der Waals surface area (Å²) < 4.78 is 0. The van der Waals surface area contributed by atoms with Crippen molar-refractivity contribution in [2.45, 2.75) is 0 Å². The zero-order valence-electron chi connectivity index (χ0n) is 9.17. The van der Waals surface area contributed by atoms with Crippen molar-refractivity contribution in [1.29, 1.82) is 0 Å². The van der Waals surface area contributed by atoms with Gasteiger partial charge in [0.25, 0.3) is 0 Å². The van der Waals surface area contributed by atoms with E-state index in [4.69, 9.17) is 0 Å². The molecule has 0 spiro atoms. The van der Waals surface area contributed by atoms with Crippen LogP contribution in [0.25, 0.3) is 0 Å². The molecule has 15 heavy (non-hydrogen) atoms. The second-order valence-corrected chi connectivity index (χ2v) is 3.66. The highest BCUT2D eigenvalue weighted by Gasteiger charge is 2.29. The molecule has 0 aromatic rings. The molecule has 6 heteroatoms. The molecule has 0 bridgehead atoms. The van der Waals surface area contributed by atoms with Crippen LogP contribution in [0, 0.1) is 5.92 Å². The van der Waals surface area contributed by atoms with Crippen molar-refractivity contribution in [2.24, 2.45) is 5.92 Å². The predicted octanol–water partition coefficient (Wildman–Crippen LogP) is -1.41. The van der Waals surface area contributed by atoms with Crippen LogP contribution < -0.4 is 16.0 Å². The largest absolute Gasteiger partial charge is 0.355 e. The van der Waals surface area contributed by atoms with Crippen LogP contribution in [0.1, 0.15) is 0 Å². The Kier molecular flexibility index (Phi) is 4.36. The summed E-state index contributed by atoms with van der Waals surface area (Å²) in [5.74, 6) is 0.388. The SMILES string of the molecule is CNCC(=O)NCC1CN(C(=O)NC)C1. The van der Waals surface area contributed by atoms with E-state index < -0.39 is 0 Å². The molecule has 1 saturated heterocycles. The first kappa shape index (κ1) is 11.8. The third kappa shape index (κ3) is 3.39. The van der Waals surface area contributed by atoms with Crippen molar-refractivity contribution in [3.63, 3.8) is 0 Å². The number of carbonyl (C=O) groups is 2. The molecule has 1 aliphatic rings. The van der Waals surface area contributed by atoms with Gasteiger partial charge in [0.2, 0.25) is 5.91 Å². The molecule has 1 aliphatic heterocycles. The van der Waals surface area contributed by atoms with E-state index in [2.05, 4.69) is 16.0 Å². The summed E-state index contributed by atoms with van der Waals surface area (Å²) >= 11 is 0. The first-order chi connectivity index (χ1) is 7.17. The molecule has 0 saturated carbocycles. The fourth-order valence-corrected chi connectivity index (χ4v) is 1.50. The monoisotopic (exact) mass is 214 g/mol. The summed E-state index contributed by atoms with van der Waals surface area (Å²) in [7, 11) is 3.35. The minimum Gasteiger partial charge on any atom is -0.355 e. The van der Waals surface area contributed by atoms with Gasteiger partial charge in [-0.2, -0.15) is 0 Å². The van der Waals surface area contributed by atoms with Crippen LogP contribution in [0.5, 0.6) is 0 Å². The molecule has 0 radical (unpaired) electrons. The fourth-order valence-electron chi connectivity index (χ4n) is 1.50. The van der Waals surface area contributed by atoms with Crippen LogP contribution in [-0.2, 0) is 4.79 Å². The number of likely N-dealkylation sites (tertiary alicyclic amines) is 1. The Morgan fingerprint density at radius 1 is 1.33 bits per heavy atom. The molecule has 0 unspecified atom stereocenters. The van der Waals surface area contributed by atoms with E-state index in [9.17, 15) is 9.59 Å². The fraction of sp³-hybridized carbons (Fsp3) is 0.778. The normalized spacial score (nSPS) is 15.7. The number of hydrogen-bond acceptors (Lipinski definition) is 3. The summed E-state index contributed by atoms with van der Waals surface area (Å²) in [6, 6.07) is -0.0483. The first-order valence-electron chi connectivity index (χ1n) is 5.05. The van der Waals surface area contributed by atoms with E-state index in [1.54, 1.807) is 19.0 Å². The Bertz CT molecular complexity index is 238. The molecule has 1 fully saturated rings. The van der Waals surface area contributed by atoms with Gasteiger partial charge in [-0.05, 0) is 7.05 Å². The lowest BCUT2D eigenvalue weighted by Crippen LogP contribution is -2.56. The van der Waals surface area contributed by atoms with E-state index in [0.717, 1.165) is 13.1 Å². The molecule has 1 heterocycles. The minimum absolute atomic E-state index is 0.00380. The van der Waals surface area contributed by atoms with Crippen LogP contribution in [0.2, 0.25) is 0 Å². The molecule has 1 rings (SSSR count). The highest BCUT2D eigenvalue weighted by Crippen LogP contribution is 2.13. The maximum absolute atomic E-state index is 11.1. The topological polar surface area (TPSA) is 73.5 Å². The summed E-state index contributed by atoms with van der Waals surface area (Å²) in [4.78, 5) is 23.9. The number of carbonyl (C=O) groups excluding carboxylic acids is 2. The molecular weight excluding hydrogens is 196 g/mol. The number of nitrogens with one attached hydrogen (secondary N) is 3. The van der Waals surface area contributed by atoms with Crippen molar-refractivity contribution in [2.75, 3.05) is 40.3 Å². The van der Waals surface area contributed by atoms with E-state index in [0.29, 0.717) is 19.0 Å². The van der Waals surface area contributed by atoms with Crippen LogP contribution in [0.4, 0.5) is 4.79 Å². The lowest BCUT2D eigenvalue weighted by atomic mass is 10.0. The third-order valence-electron chi connectivity index (χ3n) is 2.38. The number of nitrogens with zero attached hydrogens (tertiary/aromatic N) is 1. The smallest absolute Gasteiger partial charge is 0.317 e. The summed E-state index contributed by atoms with van der Waals surface area (Å²) in [5, 5.41) is 8.14. The summed E-state index contributed by atoms with van der Waals surface area (Å²) in [5.41, 5.74) is 0. The Morgan fingerprint density at radius 2 is 2.00 bits per heavy atom. The Hall–Kier alpha value is -1.30. The molecule has 6 nitrogen and oxygen atoms in total. The van der Waals surface area contributed by atoms with Gasteiger partial charge in [0.15, 0.2) is 0 Å². The molecule has 0 aromatic heterocycles. The first-order valence-corrected chi connectivity index (χ1v) is 5.05. The van der Waals surface area contributed by atoms with Crippen LogP contribution in [0.3, 0.4) is 0 Å². The standard InChI is InChI=1S/C9H18N4O2/c1-10-4-8(14)12-3-7-5-13(6-7)9(15)11-2/h7,10H,3-6H2,1-2H3,(H,11,15)(H,12,14). The Labute approximate surface area is 89.4 Å². The number of urea groups is 1. The number of hydrogen-bond donors (Lipinski definition) is 3. The van der Waals surface area contributed by atoms with E-state index in [1.807, 2.05) is 0 Å². The lowest BCUT2D eigenvalue weighted by Gasteiger charge is -2.38. The zero-order valence-corrected chi connectivity index (χ0v) is 9.17. The average molecular weight is 214 g/mol. The average Bonchev–Trinajstić information content (AvgIpc) is 2.15. The van der Waals surface area contributed by atoms with Gasteiger partial charge >= 0.3 is 6.03 Å². The summed E-state index contributed by atoms with van der Waals surface area (Å²) in [6.45, 7) is 2.43. The van der Waals surface area contributed by atoms with Gasteiger partial charge in [0, 0.05) is 32.6 Å². The molecule has 0 aromatic carbocycles. The van der Waals surface area contributed by atoms with E-state index >= 15 is 0 Å². The molecule has 3 N–H and O–H groups in total. The second kappa shape index (κ2) is 5.55. The Morgan fingerprint density at radius 3 is 2.53 bits per heavy atom. The van der Waals surface area contributed by atoms with Gasteiger partial charge in [-0.1, -0.05) is 0 Å². The van der Waals surface area contributed by atoms with E-state index in [-0.39, 0.29) is 11.9 Å². The van der Waals surface area contributed by atoms with Gasteiger partial charge < -0.3 is 20.9 Å². The lowest BCUT2D eigenvalue weighted by molar-refractivity contribution is -0.120. The van der Waals surface area contributed by atoms with Crippen molar-refractivity contribution in [3.8, 4) is 0 Å². The highest BCUT2D eigenvalue weighted by molar-refractivity contribution is 5.78. The minimum atomic E-state index is -0.0483. The van der Waals surface area contributed by atoms with Gasteiger partial charge in [-0.3, -0.25) is 4.79 Å². The maximum atomic E-state index is 11.1.